The minimum Gasteiger partial charge on any atom is -0.444 e. The molecule has 0 spiro atoms. The molecule has 0 saturated carbocycles. The van der Waals surface area contributed by atoms with E-state index >= 15 is 0 Å². The molecule has 0 fully saturated rings. The number of rotatable bonds is 10. The maximum atomic E-state index is 12.2. The van der Waals surface area contributed by atoms with Crippen molar-refractivity contribution in [3.05, 3.63) is 35.4 Å². The van der Waals surface area contributed by atoms with E-state index in [1.54, 1.807) is 24.3 Å². The Morgan fingerprint density at radius 1 is 1.00 bits per heavy atom. The van der Waals surface area contributed by atoms with Crippen LogP contribution in [0.2, 0.25) is 0 Å². The zero-order valence-corrected chi connectivity index (χ0v) is 16.6. The summed E-state index contributed by atoms with van der Waals surface area (Å²) in [5.74, 6) is -0.137. The average molecular weight is 380 g/mol. The number of alkyl carbamates (subject to hydrolysis) is 1. The number of hydrogen-bond donors (Lipinski definition) is 4. The normalized spacial score (nSPS) is 11.3. The first-order valence-electron chi connectivity index (χ1n) is 9.21. The van der Waals surface area contributed by atoms with E-state index in [9.17, 15) is 9.59 Å². The van der Waals surface area contributed by atoms with Gasteiger partial charge in [0.05, 0.1) is 0 Å². The van der Waals surface area contributed by atoms with Gasteiger partial charge in [-0.25, -0.2) is 4.79 Å². The molecule has 27 heavy (non-hydrogen) atoms. The van der Waals surface area contributed by atoms with Gasteiger partial charge in [0.25, 0.3) is 5.91 Å². The zero-order valence-electron chi connectivity index (χ0n) is 16.6. The summed E-state index contributed by atoms with van der Waals surface area (Å²) in [5, 5.41) is 5.58. The van der Waals surface area contributed by atoms with Gasteiger partial charge < -0.3 is 26.8 Å². The predicted octanol–water partition coefficient (Wildman–Crippen LogP) is 0.661. The molecule has 0 heterocycles. The molecule has 2 amide bonds. The van der Waals surface area contributed by atoms with Gasteiger partial charge in [-0.1, -0.05) is 12.1 Å². The highest BCUT2D eigenvalue weighted by atomic mass is 16.6. The summed E-state index contributed by atoms with van der Waals surface area (Å²) in [7, 11) is 0. The van der Waals surface area contributed by atoms with Gasteiger partial charge in [-0.05, 0) is 38.5 Å². The third kappa shape index (κ3) is 9.93. The van der Waals surface area contributed by atoms with Crippen LogP contribution in [0.15, 0.2) is 24.3 Å². The van der Waals surface area contributed by atoms with Gasteiger partial charge in [0.2, 0.25) is 0 Å². The van der Waals surface area contributed by atoms with Crippen LogP contribution in [0.3, 0.4) is 0 Å². The average Bonchev–Trinajstić information content (AvgIpc) is 2.59. The standard InChI is InChI=1S/C19H33N5O3/c1-19(2,3)27-18(26)23-14-15-4-6-16(7-5-15)17(25)22-10-13-24(11-8-20)12-9-21/h4-7H,8-14,20-21H2,1-3H3,(H,22,25)(H,23,26). The van der Waals surface area contributed by atoms with Crippen molar-refractivity contribution < 1.29 is 14.3 Å². The molecular formula is C19H33N5O3. The third-order valence-corrected chi connectivity index (χ3v) is 3.66. The van der Waals surface area contributed by atoms with Crippen molar-refractivity contribution in [2.45, 2.75) is 32.9 Å². The Bertz CT molecular complexity index is 578. The number of ether oxygens (including phenoxy) is 1. The first kappa shape index (κ1) is 22.9. The van der Waals surface area contributed by atoms with Crippen LogP contribution in [0.1, 0.15) is 36.7 Å². The van der Waals surface area contributed by atoms with Crippen molar-refractivity contribution in [1.29, 1.82) is 0 Å². The predicted molar refractivity (Wildman–Crippen MR) is 106 cm³/mol. The van der Waals surface area contributed by atoms with E-state index in [4.69, 9.17) is 16.2 Å². The van der Waals surface area contributed by atoms with Gasteiger partial charge in [-0.15, -0.1) is 0 Å². The zero-order chi connectivity index (χ0) is 20.3. The summed E-state index contributed by atoms with van der Waals surface area (Å²) >= 11 is 0. The molecule has 1 aromatic rings. The number of benzene rings is 1. The van der Waals surface area contributed by atoms with Gasteiger partial charge in [-0.3, -0.25) is 9.69 Å². The minimum atomic E-state index is -0.532. The molecule has 0 saturated heterocycles. The molecule has 0 aliphatic rings. The monoisotopic (exact) mass is 379 g/mol. The van der Waals surface area contributed by atoms with Crippen LogP contribution in [-0.2, 0) is 11.3 Å². The molecule has 8 heteroatoms. The van der Waals surface area contributed by atoms with Crippen molar-refractivity contribution in [2.24, 2.45) is 11.5 Å². The molecule has 0 aliphatic carbocycles. The number of amides is 2. The van der Waals surface area contributed by atoms with Crippen LogP contribution in [0.25, 0.3) is 0 Å². The first-order valence-corrected chi connectivity index (χ1v) is 9.21. The molecule has 0 atom stereocenters. The lowest BCUT2D eigenvalue weighted by Crippen LogP contribution is -2.39. The number of nitrogens with two attached hydrogens (primary N) is 2. The summed E-state index contributed by atoms with van der Waals surface area (Å²) in [6.45, 7) is 9.64. The van der Waals surface area contributed by atoms with Crippen LogP contribution in [0, 0.1) is 0 Å². The molecule has 0 radical (unpaired) electrons. The highest BCUT2D eigenvalue weighted by Crippen LogP contribution is 2.08. The minimum absolute atomic E-state index is 0.137. The van der Waals surface area contributed by atoms with Crippen molar-refractivity contribution in [2.75, 3.05) is 39.3 Å². The molecule has 152 valence electrons. The molecule has 1 aromatic carbocycles. The molecule has 1 rings (SSSR count). The molecule has 8 nitrogen and oxygen atoms in total. The molecule has 0 bridgehead atoms. The van der Waals surface area contributed by atoms with Crippen molar-refractivity contribution in [1.82, 2.24) is 15.5 Å². The maximum Gasteiger partial charge on any atom is 0.407 e. The van der Waals surface area contributed by atoms with Crippen molar-refractivity contribution in [3.63, 3.8) is 0 Å². The van der Waals surface area contributed by atoms with Gasteiger partial charge in [-0.2, -0.15) is 0 Å². The number of nitrogens with zero attached hydrogens (tertiary/aromatic N) is 1. The fraction of sp³-hybridized carbons (Fsp3) is 0.579. The fourth-order valence-corrected chi connectivity index (χ4v) is 2.39. The van der Waals surface area contributed by atoms with Gasteiger partial charge in [0, 0.05) is 51.4 Å². The number of hydrogen-bond acceptors (Lipinski definition) is 6. The van der Waals surface area contributed by atoms with Crippen LogP contribution < -0.4 is 22.1 Å². The third-order valence-electron chi connectivity index (χ3n) is 3.66. The Morgan fingerprint density at radius 3 is 2.11 bits per heavy atom. The van der Waals surface area contributed by atoms with Gasteiger partial charge in [0.15, 0.2) is 0 Å². The smallest absolute Gasteiger partial charge is 0.407 e. The fourth-order valence-electron chi connectivity index (χ4n) is 2.39. The van der Waals surface area contributed by atoms with E-state index < -0.39 is 11.7 Å². The topological polar surface area (TPSA) is 123 Å². The summed E-state index contributed by atoms with van der Waals surface area (Å²) in [5.41, 5.74) is 12.1. The lowest BCUT2D eigenvalue weighted by Gasteiger charge is -2.20. The van der Waals surface area contributed by atoms with Gasteiger partial charge in [0.1, 0.15) is 5.60 Å². The van der Waals surface area contributed by atoms with E-state index in [0.717, 1.165) is 18.7 Å². The summed E-state index contributed by atoms with van der Waals surface area (Å²) in [6.07, 6.45) is -0.469. The SMILES string of the molecule is CC(C)(C)OC(=O)NCc1ccc(C(=O)NCCN(CCN)CCN)cc1. The quantitative estimate of drug-likeness (QED) is 0.474. The molecule has 0 aromatic heterocycles. The Hall–Kier alpha value is -2.16. The summed E-state index contributed by atoms with van der Waals surface area (Å²) in [4.78, 5) is 26.0. The van der Waals surface area contributed by atoms with Crippen LogP contribution in [0.4, 0.5) is 4.79 Å². The largest absolute Gasteiger partial charge is 0.444 e. The summed E-state index contributed by atoms with van der Waals surface area (Å²) < 4.78 is 5.19. The molecule has 0 aliphatic heterocycles. The highest BCUT2D eigenvalue weighted by molar-refractivity contribution is 5.94. The second-order valence-electron chi connectivity index (χ2n) is 7.23. The van der Waals surface area contributed by atoms with Crippen molar-refractivity contribution >= 4 is 12.0 Å². The lowest BCUT2D eigenvalue weighted by molar-refractivity contribution is 0.0523. The molecule has 0 unspecified atom stereocenters. The number of carbonyl (C=O) groups excluding carboxylic acids is 2. The Labute approximate surface area is 161 Å². The second-order valence-corrected chi connectivity index (χ2v) is 7.23. The number of carbonyl (C=O) groups is 2. The van der Waals surface area contributed by atoms with E-state index in [2.05, 4.69) is 15.5 Å². The van der Waals surface area contributed by atoms with E-state index in [1.807, 2.05) is 20.8 Å². The van der Waals surface area contributed by atoms with Crippen molar-refractivity contribution in [3.8, 4) is 0 Å². The lowest BCUT2D eigenvalue weighted by atomic mass is 10.1. The van der Waals surface area contributed by atoms with Gasteiger partial charge >= 0.3 is 6.09 Å². The van der Waals surface area contributed by atoms with E-state index in [-0.39, 0.29) is 5.91 Å². The van der Waals surface area contributed by atoms with E-state index in [0.29, 0.717) is 38.3 Å². The Morgan fingerprint density at radius 2 is 1.59 bits per heavy atom. The van der Waals surface area contributed by atoms with Crippen LogP contribution in [-0.4, -0.2) is 61.8 Å². The van der Waals surface area contributed by atoms with E-state index in [1.165, 1.54) is 0 Å². The molecular weight excluding hydrogens is 346 g/mol. The molecule has 6 N–H and O–H groups in total. The number of nitrogens with one attached hydrogen (secondary N) is 2. The summed E-state index contributed by atoms with van der Waals surface area (Å²) in [6, 6.07) is 7.08. The second kappa shape index (κ2) is 11.5. The highest BCUT2D eigenvalue weighted by Gasteiger charge is 2.15. The van der Waals surface area contributed by atoms with Crippen LogP contribution >= 0.6 is 0 Å². The first-order chi connectivity index (χ1) is 12.7. The van der Waals surface area contributed by atoms with Crippen LogP contribution in [0.5, 0.6) is 0 Å². The Kier molecular flexibility index (Phi) is 9.77. The Balaban J connectivity index is 2.41. The maximum absolute atomic E-state index is 12.2.